The molecule has 0 spiro atoms. The van der Waals surface area contributed by atoms with E-state index in [-0.39, 0.29) is 0 Å². The molecular formula is C20H27N3O2. The van der Waals surface area contributed by atoms with Crippen LogP contribution in [-0.2, 0) is 6.54 Å². The van der Waals surface area contributed by atoms with Crippen molar-refractivity contribution < 1.29 is 9.47 Å². The third-order valence-electron chi connectivity index (χ3n) is 5.01. The largest absolute Gasteiger partial charge is 0.497 e. The number of pyridine rings is 1. The molecule has 0 saturated carbocycles. The molecule has 1 aliphatic rings. The van der Waals surface area contributed by atoms with E-state index in [2.05, 4.69) is 33.8 Å². The molecule has 1 unspecified atom stereocenters. The number of benzene rings is 1. The molecule has 2 heterocycles. The van der Waals surface area contributed by atoms with Gasteiger partial charge >= 0.3 is 0 Å². The summed E-state index contributed by atoms with van der Waals surface area (Å²) in [5.74, 6) is 1.72. The summed E-state index contributed by atoms with van der Waals surface area (Å²) < 4.78 is 10.8. The van der Waals surface area contributed by atoms with Gasteiger partial charge in [-0.15, -0.1) is 0 Å². The first-order valence-electron chi connectivity index (χ1n) is 8.78. The van der Waals surface area contributed by atoms with Crippen molar-refractivity contribution in [2.45, 2.75) is 19.5 Å². The maximum absolute atomic E-state index is 5.52. The van der Waals surface area contributed by atoms with Crippen LogP contribution in [0.15, 0.2) is 42.7 Å². The van der Waals surface area contributed by atoms with Gasteiger partial charge in [-0.3, -0.25) is 14.8 Å². The molecule has 0 aliphatic carbocycles. The zero-order chi connectivity index (χ0) is 17.6. The highest BCUT2D eigenvalue weighted by molar-refractivity contribution is 5.40. The number of hydrogen-bond donors (Lipinski definition) is 0. The van der Waals surface area contributed by atoms with Gasteiger partial charge in [0.25, 0.3) is 0 Å². The number of rotatable bonds is 6. The fraction of sp³-hybridized carbons (Fsp3) is 0.450. The predicted molar refractivity (Wildman–Crippen MR) is 99.0 cm³/mol. The lowest BCUT2D eigenvalue weighted by atomic mass is 10.1. The van der Waals surface area contributed by atoms with Crippen molar-refractivity contribution in [3.05, 3.63) is 53.9 Å². The van der Waals surface area contributed by atoms with Crippen LogP contribution in [0.3, 0.4) is 0 Å². The van der Waals surface area contributed by atoms with E-state index >= 15 is 0 Å². The van der Waals surface area contributed by atoms with Gasteiger partial charge < -0.3 is 9.47 Å². The molecular weight excluding hydrogens is 314 g/mol. The smallest absolute Gasteiger partial charge is 0.127 e. The van der Waals surface area contributed by atoms with Gasteiger partial charge in [-0.1, -0.05) is 12.1 Å². The average Bonchev–Trinajstić information content (AvgIpc) is 2.69. The molecule has 2 aromatic rings. The van der Waals surface area contributed by atoms with Crippen LogP contribution in [0.2, 0.25) is 0 Å². The van der Waals surface area contributed by atoms with Crippen LogP contribution in [0.1, 0.15) is 24.1 Å². The van der Waals surface area contributed by atoms with Crippen LogP contribution in [-0.4, -0.2) is 55.2 Å². The standard InChI is InChI=1S/C20H27N3O2/c1-16(17-5-4-8-21-14-17)23-11-9-22(10-12-23)15-18-6-7-19(24-2)13-20(18)25-3/h4-8,13-14,16H,9-12,15H2,1-3H3. The molecule has 0 bridgehead atoms. The van der Waals surface area contributed by atoms with E-state index < -0.39 is 0 Å². The molecule has 1 aromatic carbocycles. The monoisotopic (exact) mass is 341 g/mol. The van der Waals surface area contributed by atoms with Crippen LogP contribution in [0.5, 0.6) is 11.5 Å². The van der Waals surface area contributed by atoms with Crippen molar-refractivity contribution in [1.29, 1.82) is 0 Å². The molecule has 5 nitrogen and oxygen atoms in total. The fourth-order valence-electron chi connectivity index (χ4n) is 3.37. The van der Waals surface area contributed by atoms with Crippen LogP contribution in [0, 0.1) is 0 Å². The van der Waals surface area contributed by atoms with Crippen molar-refractivity contribution in [3.63, 3.8) is 0 Å². The molecule has 134 valence electrons. The van der Waals surface area contributed by atoms with E-state index in [9.17, 15) is 0 Å². The van der Waals surface area contributed by atoms with Gasteiger partial charge in [0, 0.05) is 62.8 Å². The zero-order valence-corrected chi connectivity index (χ0v) is 15.3. The molecule has 1 aliphatic heterocycles. The summed E-state index contributed by atoms with van der Waals surface area (Å²) in [7, 11) is 3.39. The second kappa shape index (κ2) is 8.32. The molecule has 1 saturated heterocycles. The van der Waals surface area contributed by atoms with Gasteiger partial charge in [-0.2, -0.15) is 0 Å². The Morgan fingerprint density at radius 2 is 1.88 bits per heavy atom. The van der Waals surface area contributed by atoms with E-state index in [1.54, 1.807) is 14.2 Å². The summed E-state index contributed by atoms with van der Waals surface area (Å²) in [4.78, 5) is 9.25. The SMILES string of the molecule is COc1ccc(CN2CCN(C(C)c3cccnc3)CC2)c(OC)c1. The van der Waals surface area contributed by atoms with Gasteiger partial charge in [0.2, 0.25) is 0 Å². The number of hydrogen-bond acceptors (Lipinski definition) is 5. The number of aromatic nitrogens is 1. The van der Waals surface area contributed by atoms with Gasteiger partial charge in [0.1, 0.15) is 11.5 Å². The Hall–Kier alpha value is -2.11. The van der Waals surface area contributed by atoms with E-state index in [4.69, 9.17) is 9.47 Å². The topological polar surface area (TPSA) is 37.8 Å². The molecule has 1 atom stereocenters. The number of piperazine rings is 1. The van der Waals surface area contributed by atoms with Gasteiger partial charge in [-0.05, 0) is 24.6 Å². The summed E-state index contributed by atoms with van der Waals surface area (Å²) in [6.45, 7) is 7.41. The Kier molecular flexibility index (Phi) is 5.89. The summed E-state index contributed by atoms with van der Waals surface area (Å²) in [6.07, 6.45) is 3.80. The van der Waals surface area contributed by atoms with Crippen LogP contribution >= 0.6 is 0 Å². The van der Waals surface area contributed by atoms with E-state index in [0.29, 0.717) is 6.04 Å². The van der Waals surface area contributed by atoms with E-state index in [1.165, 1.54) is 11.1 Å². The van der Waals surface area contributed by atoms with Gasteiger partial charge in [0.15, 0.2) is 0 Å². The highest BCUT2D eigenvalue weighted by atomic mass is 16.5. The second-order valence-corrected chi connectivity index (χ2v) is 6.45. The van der Waals surface area contributed by atoms with Gasteiger partial charge in [-0.25, -0.2) is 0 Å². The average molecular weight is 341 g/mol. The van der Waals surface area contributed by atoms with Crippen molar-refractivity contribution >= 4 is 0 Å². The van der Waals surface area contributed by atoms with Crippen LogP contribution in [0.4, 0.5) is 0 Å². The normalized spacial score (nSPS) is 17.2. The lowest BCUT2D eigenvalue weighted by Gasteiger charge is -2.38. The highest BCUT2D eigenvalue weighted by Gasteiger charge is 2.22. The predicted octanol–water partition coefficient (Wildman–Crippen LogP) is 2.98. The summed E-state index contributed by atoms with van der Waals surface area (Å²) in [5, 5.41) is 0. The molecule has 3 rings (SSSR count). The summed E-state index contributed by atoms with van der Waals surface area (Å²) in [5.41, 5.74) is 2.49. The Morgan fingerprint density at radius 3 is 2.52 bits per heavy atom. The van der Waals surface area contributed by atoms with E-state index in [1.807, 2.05) is 30.6 Å². The molecule has 0 N–H and O–H groups in total. The Morgan fingerprint density at radius 1 is 1.08 bits per heavy atom. The summed E-state index contributed by atoms with van der Waals surface area (Å²) in [6, 6.07) is 10.6. The van der Waals surface area contributed by atoms with Crippen molar-refractivity contribution in [2.75, 3.05) is 40.4 Å². The Labute approximate surface area is 150 Å². The number of methoxy groups -OCH3 is 2. The maximum Gasteiger partial charge on any atom is 0.127 e. The van der Waals surface area contributed by atoms with Crippen molar-refractivity contribution in [1.82, 2.24) is 14.8 Å². The Bertz CT molecular complexity index is 670. The molecule has 0 radical (unpaired) electrons. The molecule has 0 amide bonds. The highest BCUT2D eigenvalue weighted by Crippen LogP contribution is 2.27. The number of ether oxygens (including phenoxy) is 2. The summed E-state index contributed by atoms with van der Waals surface area (Å²) >= 11 is 0. The first-order valence-corrected chi connectivity index (χ1v) is 8.78. The minimum Gasteiger partial charge on any atom is -0.497 e. The lowest BCUT2D eigenvalue weighted by Crippen LogP contribution is -2.46. The minimum absolute atomic E-state index is 0.409. The third-order valence-corrected chi connectivity index (χ3v) is 5.01. The first kappa shape index (κ1) is 17.7. The zero-order valence-electron chi connectivity index (χ0n) is 15.3. The van der Waals surface area contributed by atoms with E-state index in [0.717, 1.165) is 44.2 Å². The fourth-order valence-corrected chi connectivity index (χ4v) is 3.37. The molecule has 1 fully saturated rings. The number of nitrogens with zero attached hydrogens (tertiary/aromatic N) is 3. The Balaban J connectivity index is 1.58. The minimum atomic E-state index is 0.409. The lowest BCUT2D eigenvalue weighted by molar-refractivity contribution is 0.0972. The van der Waals surface area contributed by atoms with Crippen LogP contribution in [0.25, 0.3) is 0 Å². The third kappa shape index (κ3) is 4.30. The van der Waals surface area contributed by atoms with Gasteiger partial charge in [0.05, 0.1) is 14.2 Å². The second-order valence-electron chi connectivity index (χ2n) is 6.45. The van der Waals surface area contributed by atoms with Crippen molar-refractivity contribution in [3.8, 4) is 11.5 Å². The quantitative estimate of drug-likeness (QED) is 0.807. The first-order chi connectivity index (χ1) is 12.2. The van der Waals surface area contributed by atoms with Crippen molar-refractivity contribution in [2.24, 2.45) is 0 Å². The van der Waals surface area contributed by atoms with Crippen LogP contribution < -0.4 is 9.47 Å². The maximum atomic E-state index is 5.52. The molecule has 25 heavy (non-hydrogen) atoms. The molecule has 5 heteroatoms. The molecule has 1 aromatic heterocycles.